The van der Waals surface area contributed by atoms with Gasteiger partial charge in [-0.3, -0.25) is 9.69 Å². The molecule has 5 heteroatoms. The van der Waals surface area contributed by atoms with Crippen LogP contribution in [0.2, 0.25) is 0 Å². The van der Waals surface area contributed by atoms with E-state index in [1.165, 1.54) is 15.6 Å². The summed E-state index contributed by atoms with van der Waals surface area (Å²) in [7, 11) is 0. The van der Waals surface area contributed by atoms with Crippen LogP contribution < -0.4 is 4.74 Å². The van der Waals surface area contributed by atoms with Gasteiger partial charge in [-0.25, -0.2) is 0 Å². The van der Waals surface area contributed by atoms with Crippen LogP contribution in [-0.4, -0.2) is 54.0 Å². The van der Waals surface area contributed by atoms with Gasteiger partial charge >= 0.3 is 0 Å². The molecule has 3 aromatic rings. The summed E-state index contributed by atoms with van der Waals surface area (Å²) in [4.78, 5) is 17.9. The average molecular weight is 407 g/mol. The molecule has 0 N–H and O–H groups in total. The third-order valence-electron chi connectivity index (χ3n) is 6.23. The molecule has 0 bridgehead atoms. The number of carbonyl (C=O) groups is 1. The van der Waals surface area contributed by atoms with Gasteiger partial charge in [-0.1, -0.05) is 18.2 Å². The van der Waals surface area contributed by atoms with Crippen molar-refractivity contribution in [1.82, 2.24) is 9.80 Å². The number of benzene rings is 2. The lowest BCUT2D eigenvalue weighted by molar-refractivity contribution is 0.0302. The summed E-state index contributed by atoms with van der Waals surface area (Å²) in [6, 6.07) is 15.3. The molecule has 0 aliphatic carbocycles. The maximum atomic E-state index is 13.3. The predicted octanol–water partition coefficient (Wildman–Crippen LogP) is 4.89. The number of hydrogen-bond donors (Lipinski definition) is 0. The molecule has 0 radical (unpaired) electrons. The molecule has 5 rings (SSSR count). The summed E-state index contributed by atoms with van der Waals surface area (Å²) >= 11 is 1.75. The summed E-state index contributed by atoms with van der Waals surface area (Å²) in [5, 5.41) is 3.37. The van der Waals surface area contributed by atoms with E-state index in [0.29, 0.717) is 24.0 Å². The van der Waals surface area contributed by atoms with Gasteiger partial charge in [0.15, 0.2) is 0 Å². The third-order valence-corrected chi connectivity index (χ3v) is 7.11. The fraction of sp³-hybridized carbons (Fsp3) is 0.375. The normalized spacial score (nSPS) is 20.2. The van der Waals surface area contributed by atoms with Crippen LogP contribution in [0.5, 0.6) is 5.75 Å². The Morgan fingerprint density at radius 2 is 2.00 bits per heavy atom. The van der Waals surface area contributed by atoms with Gasteiger partial charge in [-0.15, -0.1) is 11.3 Å². The van der Waals surface area contributed by atoms with E-state index in [2.05, 4.69) is 59.4 Å². The lowest BCUT2D eigenvalue weighted by atomic mass is 9.98. The molecule has 1 aromatic heterocycles. The Bertz CT molecular complexity index is 1060. The molecule has 1 saturated heterocycles. The molecule has 4 nitrogen and oxygen atoms in total. The van der Waals surface area contributed by atoms with Gasteiger partial charge in [-0.2, -0.15) is 0 Å². The van der Waals surface area contributed by atoms with Crippen molar-refractivity contribution < 1.29 is 9.53 Å². The Kier molecular flexibility index (Phi) is 4.80. The highest BCUT2D eigenvalue weighted by Gasteiger charge is 2.34. The van der Waals surface area contributed by atoms with E-state index >= 15 is 0 Å². The summed E-state index contributed by atoms with van der Waals surface area (Å²) in [5.41, 5.74) is 2.98. The van der Waals surface area contributed by atoms with Crippen LogP contribution in [0.25, 0.3) is 21.2 Å². The molecule has 150 valence electrons. The minimum Gasteiger partial charge on any atom is -0.493 e. The van der Waals surface area contributed by atoms with E-state index < -0.39 is 0 Å². The second-order valence-electron chi connectivity index (χ2n) is 8.23. The van der Waals surface area contributed by atoms with Crippen molar-refractivity contribution in [3.05, 3.63) is 53.4 Å². The van der Waals surface area contributed by atoms with Crippen LogP contribution in [0, 0.1) is 0 Å². The smallest absolute Gasteiger partial charge is 0.257 e. The number of ether oxygens (including phenoxy) is 1. The topological polar surface area (TPSA) is 32.8 Å². The zero-order chi connectivity index (χ0) is 20.0. The number of carbonyl (C=O) groups excluding carboxylic acids is 1. The molecule has 29 heavy (non-hydrogen) atoms. The van der Waals surface area contributed by atoms with Crippen LogP contribution in [0.3, 0.4) is 0 Å². The first-order chi connectivity index (χ1) is 14.1. The van der Waals surface area contributed by atoms with Crippen LogP contribution in [0.15, 0.2) is 47.8 Å². The molecule has 1 unspecified atom stereocenters. The lowest BCUT2D eigenvalue weighted by Crippen LogP contribution is -2.57. The number of amides is 1. The number of rotatable bonds is 2. The molecule has 1 atom stereocenters. The highest BCUT2D eigenvalue weighted by molar-refractivity contribution is 7.17. The second-order valence-corrected chi connectivity index (χ2v) is 9.17. The minimum absolute atomic E-state index is 0.105. The van der Waals surface area contributed by atoms with E-state index in [1.807, 2.05) is 12.1 Å². The molecule has 2 aliphatic heterocycles. The molecule has 0 saturated carbocycles. The Morgan fingerprint density at radius 3 is 2.86 bits per heavy atom. The SMILES string of the molecule is CC(C)N1CCN2C(=O)c3ccc(-c4cccc5sccc45)cc3OCCC2C1. The van der Waals surface area contributed by atoms with E-state index in [0.717, 1.165) is 31.6 Å². The van der Waals surface area contributed by atoms with E-state index in [1.54, 1.807) is 11.3 Å². The first kappa shape index (κ1) is 18.6. The van der Waals surface area contributed by atoms with Crippen LogP contribution in [0.4, 0.5) is 0 Å². The molecule has 1 amide bonds. The van der Waals surface area contributed by atoms with Crippen molar-refractivity contribution in [3.63, 3.8) is 0 Å². The summed E-state index contributed by atoms with van der Waals surface area (Å²) in [6.07, 6.45) is 0.874. The van der Waals surface area contributed by atoms with Gasteiger partial charge in [0.25, 0.3) is 5.91 Å². The molecule has 3 heterocycles. The van der Waals surface area contributed by atoms with Gasteiger partial charge in [-0.05, 0) is 54.6 Å². The zero-order valence-electron chi connectivity index (χ0n) is 16.9. The maximum Gasteiger partial charge on any atom is 0.257 e. The number of fused-ring (bicyclic) bond motifs is 3. The van der Waals surface area contributed by atoms with Crippen molar-refractivity contribution in [1.29, 1.82) is 0 Å². The molecule has 1 fully saturated rings. The average Bonchev–Trinajstić information content (AvgIpc) is 3.21. The van der Waals surface area contributed by atoms with Gasteiger partial charge < -0.3 is 9.64 Å². The predicted molar refractivity (Wildman–Crippen MR) is 119 cm³/mol. The third kappa shape index (κ3) is 3.32. The van der Waals surface area contributed by atoms with Gasteiger partial charge in [0.1, 0.15) is 5.75 Å². The zero-order valence-corrected chi connectivity index (χ0v) is 17.7. The molecular formula is C24H26N2O2S. The minimum atomic E-state index is 0.105. The number of piperazine rings is 1. The molecular weight excluding hydrogens is 380 g/mol. The van der Waals surface area contributed by atoms with Crippen molar-refractivity contribution in [2.75, 3.05) is 26.2 Å². The standard InChI is InChI=1S/C24H26N2O2S/c1-16(2)25-10-11-26-18(15-25)8-12-28-22-14-17(6-7-21(22)24(26)27)19-4-3-5-23-20(19)9-13-29-23/h3-7,9,13-14,16,18H,8,10-12,15H2,1-2H3. The quantitative estimate of drug-likeness (QED) is 0.608. The monoisotopic (exact) mass is 406 g/mol. The molecule has 2 aromatic carbocycles. The maximum absolute atomic E-state index is 13.3. The Balaban J connectivity index is 1.49. The highest BCUT2D eigenvalue weighted by atomic mass is 32.1. The van der Waals surface area contributed by atoms with Crippen LogP contribution in [-0.2, 0) is 0 Å². The Hall–Kier alpha value is -2.37. The van der Waals surface area contributed by atoms with Crippen molar-refractivity contribution >= 4 is 27.3 Å². The lowest BCUT2D eigenvalue weighted by Gasteiger charge is -2.44. The number of thiophene rings is 1. The second kappa shape index (κ2) is 7.47. The van der Waals surface area contributed by atoms with E-state index in [4.69, 9.17) is 4.74 Å². The summed E-state index contributed by atoms with van der Waals surface area (Å²) in [6.45, 7) is 7.74. The number of hydrogen-bond acceptors (Lipinski definition) is 4. The van der Waals surface area contributed by atoms with E-state index in [9.17, 15) is 4.79 Å². The van der Waals surface area contributed by atoms with Crippen molar-refractivity contribution in [3.8, 4) is 16.9 Å². The first-order valence-corrected chi connectivity index (χ1v) is 11.3. The number of nitrogens with zero attached hydrogens (tertiary/aromatic N) is 2. The first-order valence-electron chi connectivity index (χ1n) is 10.4. The summed E-state index contributed by atoms with van der Waals surface area (Å²) in [5.74, 6) is 0.817. The van der Waals surface area contributed by atoms with E-state index in [-0.39, 0.29) is 11.9 Å². The van der Waals surface area contributed by atoms with Gasteiger partial charge in [0.2, 0.25) is 0 Å². The molecule has 0 spiro atoms. The van der Waals surface area contributed by atoms with Crippen molar-refractivity contribution in [2.45, 2.75) is 32.4 Å². The largest absolute Gasteiger partial charge is 0.493 e. The van der Waals surface area contributed by atoms with Crippen LogP contribution >= 0.6 is 11.3 Å². The van der Waals surface area contributed by atoms with Crippen molar-refractivity contribution in [2.24, 2.45) is 0 Å². The highest BCUT2D eigenvalue weighted by Crippen LogP contribution is 2.36. The summed E-state index contributed by atoms with van der Waals surface area (Å²) < 4.78 is 7.41. The molecule has 2 aliphatic rings. The fourth-order valence-electron chi connectivity index (χ4n) is 4.55. The van der Waals surface area contributed by atoms with Gasteiger partial charge in [0.05, 0.1) is 12.2 Å². The van der Waals surface area contributed by atoms with Gasteiger partial charge in [0, 0.05) is 48.2 Å². The Labute approximate surface area is 175 Å². The van der Waals surface area contributed by atoms with Crippen LogP contribution in [0.1, 0.15) is 30.6 Å². The Morgan fingerprint density at radius 1 is 1.10 bits per heavy atom. The fourth-order valence-corrected chi connectivity index (χ4v) is 5.37.